The van der Waals surface area contributed by atoms with Gasteiger partial charge < -0.3 is 19.4 Å². The molecule has 0 amide bonds. The second-order valence-electron chi connectivity index (χ2n) is 9.45. The summed E-state index contributed by atoms with van der Waals surface area (Å²) in [6, 6.07) is 10.9. The van der Waals surface area contributed by atoms with E-state index in [0.29, 0.717) is 17.5 Å². The van der Waals surface area contributed by atoms with Crippen molar-refractivity contribution in [2.45, 2.75) is 24.9 Å². The molecular weight excluding hydrogens is 429 g/mol. The lowest BCUT2D eigenvalue weighted by Gasteiger charge is -2.48. The average molecular weight is 456 g/mol. The number of nitrogens with zero attached hydrogens (tertiary/aromatic N) is 2. The standard InChI is InChI=1S/C25H27ClFN3O2/c26-22-11-21(30-6-4-18-9-20(27)1-2-23(18)30)10-19-14-29(7-8-32-24(19)22)13-17-3-5-28-25(12-17)15-31-16-25/h1-2,4,6,9-11,17,28H,3,5,7-8,12-16H2. The molecule has 3 aliphatic rings. The SMILES string of the molecule is Fc1ccc2c(ccn2-c2cc(Cl)c3c(c2)CN(CC2CCNC4(COC4)C2)CCO3)c1. The van der Waals surface area contributed by atoms with Gasteiger partial charge in [0.2, 0.25) is 0 Å². The van der Waals surface area contributed by atoms with Crippen molar-refractivity contribution in [1.82, 2.24) is 14.8 Å². The summed E-state index contributed by atoms with van der Waals surface area (Å²) in [6.45, 7) is 6.12. The fraction of sp³-hybridized carbons (Fsp3) is 0.440. The van der Waals surface area contributed by atoms with Crippen LogP contribution in [0.4, 0.5) is 4.39 Å². The number of hydrogen-bond donors (Lipinski definition) is 1. The van der Waals surface area contributed by atoms with E-state index >= 15 is 0 Å². The van der Waals surface area contributed by atoms with E-state index in [1.165, 1.54) is 18.9 Å². The van der Waals surface area contributed by atoms with Crippen molar-refractivity contribution in [3.05, 3.63) is 59.0 Å². The monoisotopic (exact) mass is 455 g/mol. The largest absolute Gasteiger partial charge is 0.490 e. The Morgan fingerprint density at radius 1 is 1.19 bits per heavy atom. The lowest BCUT2D eigenvalue weighted by molar-refractivity contribution is -0.0973. The zero-order valence-corrected chi connectivity index (χ0v) is 18.7. The molecule has 3 aromatic rings. The molecule has 6 rings (SSSR count). The van der Waals surface area contributed by atoms with E-state index in [2.05, 4.69) is 20.9 Å². The predicted octanol–water partition coefficient (Wildman–Crippen LogP) is 4.39. The number of nitrogens with one attached hydrogen (secondary N) is 1. The summed E-state index contributed by atoms with van der Waals surface area (Å²) in [5.41, 5.74) is 3.23. The Hall–Kier alpha value is -2.12. The van der Waals surface area contributed by atoms with Crippen molar-refractivity contribution in [3.63, 3.8) is 0 Å². The lowest BCUT2D eigenvalue weighted by atomic mass is 9.80. The number of benzene rings is 2. The normalized spacial score (nSPS) is 22.9. The number of aromatic nitrogens is 1. The van der Waals surface area contributed by atoms with E-state index in [1.807, 2.05) is 24.4 Å². The summed E-state index contributed by atoms with van der Waals surface area (Å²) in [5, 5.41) is 5.15. The van der Waals surface area contributed by atoms with Gasteiger partial charge in [-0.05, 0) is 61.7 Å². The Kier molecular flexibility index (Phi) is 5.14. The molecule has 1 aromatic heterocycles. The lowest BCUT2D eigenvalue weighted by Crippen LogP contribution is -2.64. The van der Waals surface area contributed by atoms with Crippen LogP contribution < -0.4 is 10.1 Å². The van der Waals surface area contributed by atoms with Gasteiger partial charge in [-0.3, -0.25) is 4.90 Å². The van der Waals surface area contributed by atoms with Crippen molar-refractivity contribution >= 4 is 22.5 Å². The van der Waals surface area contributed by atoms with Crippen LogP contribution in [0.2, 0.25) is 5.02 Å². The van der Waals surface area contributed by atoms with E-state index in [-0.39, 0.29) is 11.4 Å². The van der Waals surface area contributed by atoms with E-state index in [1.54, 1.807) is 6.07 Å². The van der Waals surface area contributed by atoms with Crippen LogP contribution in [-0.4, -0.2) is 54.5 Å². The number of halogens is 2. The number of fused-ring (bicyclic) bond motifs is 2. The zero-order chi connectivity index (χ0) is 21.7. The van der Waals surface area contributed by atoms with Crippen LogP contribution in [0.3, 0.4) is 0 Å². The van der Waals surface area contributed by atoms with Crippen molar-refractivity contribution in [2.75, 3.05) is 39.5 Å². The Morgan fingerprint density at radius 2 is 2.09 bits per heavy atom. The average Bonchev–Trinajstić information content (AvgIpc) is 3.06. The van der Waals surface area contributed by atoms with E-state index in [4.69, 9.17) is 21.1 Å². The summed E-state index contributed by atoms with van der Waals surface area (Å²) >= 11 is 6.68. The summed E-state index contributed by atoms with van der Waals surface area (Å²) < 4.78 is 27.3. The van der Waals surface area contributed by atoms with Crippen LogP contribution >= 0.6 is 11.6 Å². The summed E-state index contributed by atoms with van der Waals surface area (Å²) in [5.74, 6) is 1.21. The van der Waals surface area contributed by atoms with Crippen LogP contribution in [0.5, 0.6) is 5.75 Å². The first-order chi connectivity index (χ1) is 15.6. The van der Waals surface area contributed by atoms with E-state index < -0.39 is 0 Å². The third-order valence-electron chi connectivity index (χ3n) is 7.09. The maximum absolute atomic E-state index is 13.6. The number of hydrogen-bond acceptors (Lipinski definition) is 4. The third kappa shape index (κ3) is 3.69. The second-order valence-corrected chi connectivity index (χ2v) is 9.85. The van der Waals surface area contributed by atoms with Gasteiger partial charge in [0, 0.05) is 42.5 Å². The maximum atomic E-state index is 13.6. The van der Waals surface area contributed by atoms with Gasteiger partial charge >= 0.3 is 0 Å². The molecule has 0 bridgehead atoms. The Labute approximate surface area is 192 Å². The Bertz CT molecular complexity index is 1160. The van der Waals surface area contributed by atoms with Gasteiger partial charge in [0.05, 0.1) is 29.3 Å². The first-order valence-corrected chi connectivity index (χ1v) is 11.7. The van der Waals surface area contributed by atoms with Gasteiger partial charge in [0.15, 0.2) is 0 Å². The molecule has 5 nitrogen and oxygen atoms in total. The van der Waals surface area contributed by atoms with Crippen LogP contribution in [0, 0.1) is 11.7 Å². The maximum Gasteiger partial charge on any atom is 0.142 e. The Morgan fingerprint density at radius 3 is 2.94 bits per heavy atom. The number of ether oxygens (including phenoxy) is 2. The van der Waals surface area contributed by atoms with Crippen LogP contribution in [-0.2, 0) is 11.3 Å². The third-order valence-corrected chi connectivity index (χ3v) is 7.37. The molecule has 1 N–H and O–H groups in total. The summed E-state index contributed by atoms with van der Waals surface area (Å²) in [6.07, 6.45) is 4.33. The van der Waals surface area contributed by atoms with E-state index in [0.717, 1.165) is 67.3 Å². The molecule has 2 aromatic carbocycles. The molecule has 32 heavy (non-hydrogen) atoms. The molecule has 0 radical (unpaired) electrons. The molecular formula is C25H27ClFN3O2. The molecule has 168 valence electrons. The van der Waals surface area contributed by atoms with Gasteiger partial charge in [-0.25, -0.2) is 4.39 Å². The fourth-order valence-electron chi connectivity index (χ4n) is 5.50. The summed E-state index contributed by atoms with van der Waals surface area (Å²) in [4.78, 5) is 2.50. The van der Waals surface area contributed by atoms with Crippen molar-refractivity contribution < 1.29 is 13.9 Å². The molecule has 3 aliphatic heterocycles. The van der Waals surface area contributed by atoms with Crippen LogP contribution in [0.1, 0.15) is 18.4 Å². The fourth-order valence-corrected chi connectivity index (χ4v) is 5.79. The van der Waals surface area contributed by atoms with Crippen LogP contribution in [0.15, 0.2) is 42.6 Å². The molecule has 1 spiro atoms. The molecule has 2 saturated heterocycles. The minimum atomic E-state index is -0.229. The first kappa shape index (κ1) is 20.5. The molecule has 7 heteroatoms. The van der Waals surface area contributed by atoms with Gasteiger partial charge in [0.25, 0.3) is 0 Å². The van der Waals surface area contributed by atoms with Gasteiger partial charge in [-0.2, -0.15) is 0 Å². The Balaban J connectivity index is 1.27. The molecule has 2 fully saturated rings. The molecule has 0 saturated carbocycles. The zero-order valence-electron chi connectivity index (χ0n) is 17.9. The minimum absolute atomic E-state index is 0.203. The molecule has 1 atom stereocenters. The van der Waals surface area contributed by atoms with Gasteiger partial charge in [-0.1, -0.05) is 11.6 Å². The van der Waals surface area contributed by atoms with Crippen molar-refractivity contribution in [1.29, 1.82) is 0 Å². The van der Waals surface area contributed by atoms with Crippen molar-refractivity contribution in [2.24, 2.45) is 5.92 Å². The highest BCUT2D eigenvalue weighted by Gasteiger charge is 2.42. The topological polar surface area (TPSA) is 38.7 Å². The van der Waals surface area contributed by atoms with E-state index in [9.17, 15) is 4.39 Å². The second kappa shape index (κ2) is 8.03. The summed E-state index contributed by atoms with van der Waals surface area (Å²) in [7, 11) is 0. The molecule has 4 heterocycles. The van der Waals surface area contributed by atoms with Gasteiger partial charge in [-0.15, -0.1) is 0 Å². The molecule has 0 aliphatic carbocycles. The highest BCUT2D eigenvalue weighted by atomic mass is 35.5. The van der Waals surface area contributed by atoms with Gasteiger partial charge in [0.1, 0.15) is 18.2 Å². The van der Waals surface area contributed by atoms with Crippen LogP contribution in [0.25, 0.3) is 16.6 Å². The number of piperidine rings is 1. The molecule has 1 unspecified atom stereocenters. The predicted molar refractivity (Wildman–Crippen MR) is 123 cm³/mol. The highest BCUT2D eigenvalue weighted by molar-refractivity contribution is 6.32. The van der Waals surface area contributed by atoms with Crippen molar-refractivity contribution in [3.8, 4) is 11.4 Å². The minimum Gasteiger partial charge on any atom is -0.490 e. The first-order valence-electron chi connectivity index (χ1n) is 11.4. The quantitative estimate of drug-likeness (QED) is 0.636. The highest BCUT2D eigenvalue weighted by Crippen LogP contribution is 2.36. The number of rotatable bonds is 3. The smallest absolute Gasteiger partial charge is 0.142 e.